The number of nitrogens with one attached hydrogen (secondary N) is 1. The zero-order chi connectivity index (χ0) is 11.2. The van der Waals surface area contributed by atoms with E-state index in [2.05, 4.69) is 8.95 Å². The van der Waals surface area contributed by atoms with Gasteiger partial charge < -0.3 is 14.4 Å². The standard InChI is InChI=1S/C4H9N.2Na.H2O7S2/c1-2-4-5-3-1;;;1-8(2,3)7-9(4,5)6/h5H,1-4H2;;;(H,1,2,3)(H,4,5,6)/q;2*+1;/p-2. The molecule has 0 aromatic heterocycles. The molecule has 0 saturated carbocycles. The first-order valence-corrected chi connectivity index (χ1v) is 6.21. The Balaban J connectivity index is -0.000000208. The molecule has 1 heterocycles. The summed E-state index contributed by atoms with van der Waals surface area (Å²) in [6.07, 6.45) is 2.78. The molecule has 0 aliphatic carbocycles. The fourth-order valence-electron chi connectivity index (χ4n) is 0.727. The van der Waals surface area contributed by atoms with E-state index in [1.807, 2.05) is 0 Å². The maximum Gasteiger partial charge on any atom is 1.00 e. The van der Waals surface area contributed by atoms with Crippen LogP contribution in [0.4, 0.5) is 0 Å². The summed E-state index contributed by atoms with van der Waals surface area (Å²) in [5, 5.41) is 3.22. The molecule has 0 bridgehead atoms. The van der Waals surface area contributed by atoms with Crippen LogP contribution in [0.1, 0.15) is 12.8 Å². The van der Waals surface area contributed by atoms with Gasteiger partial charge in [-0.2, -0.15) is 3.63 Å². The maximum atomic E-state index is 9.29. The Kier molecular flexibility index (Phi) is 15.2. The van der Waals surface area contributed by atoms with E-state index < -0.39 is 20.8 Å². The van der Waals surface area contributed by atoms with E-state index in [4.69, 9.17) is 0 Å². The van der Waals surface area contributed by atoms with Crippen LogP contribution in [0.5, 0.6) is 0 Å². The van der Waals surface area contributed by atoms with Gasteiger partial charge in [-0.15, -0.1) is 0 Å². The van der Waals surface area contributed by atoms with E-state index >= 15 is 0 Å². The van der Waals surface area contributed by atoms with Crippen LogP contribution in [0.3, 0.4) is 0 Å². The van der Waals surface area contributed by atoms with Crippen LogP contribution in [-0.4, -0.2) is 39.0 Å². The zero-order valence-corrected chi connectivity index (χ0v) is 14.6. The van der Waals surface area contributed by atoms with Crippen LogP contribution in [0.25, 0.3) is 0 Å². The van der Waals surface area contributed by atoms with Crippen LogP contribution in [0.2, 0.25) is 0 Å². The van der Waals surface area contributed by atoms with E-state index in [9.17, 15) is 25.9 Å². The van der Waals surface area contributed by atoms with Crippen LogP contribution in [0.15, 0.2) is 0 Å². The van der Waals surface area contributed by atoms with Crippen molar-refractivity contribution < 1.29 is 88.7 Å². The molecule has 1 rings (SSSR count). The molecule has 8 nitrogen and oxygen atoms in total. The summed E-state index contributed by atoms with van der Waals surface area (Å²) >= 11 is 0. The first kappa shape index (κ1) is 22.9. The molecule has 1 aliphatic heterocycles. The van der Waals surface area contributed by atoms with Crippen molar-refractivity contribution in [3.05, 3.63) is 0 Å². The third-order valence-corrected chi connectivity index (χ3v) is 2.46. The smallest absolute Gasteiger partial charge is 0.725 e. The first-order chi connectivity index (χ1) is 6.21. The minimum absolute atomic E-state index is 0. The Bertz CT molecular complexity index is 311. The average molecular weight is 293 g/mol. The van der Waals surface area contributed by atoms with Crippen molar-refractivity contribution in [2.75, 3.05) is 13.1 Å². The molecule has 16 heavy (non-hydrogen) atoms. The summed E-state index contributed by atoms with van der Waals surface area (Å²) in [6, 6.07) is 0. The summed E-state index contributed by atoms with van der Waals surface area (Å²) in [5.41, 5.74) is 0. The second kappa shape index (κ2) is 10.6. The quantitative estimate of drug-likeness (QED) is 0.301. The molecule has 12 heteroatoms. The van der Waals surface area contributed by atoms with Gasteiger partial charge >= 0.3 is 59.1 Å². The van der Waals surface area contributed by atoms with Gasteiger partial charge in [-0.25, -0.2) is 16.8 Å². The molecule has 0 spiro atoms. The molecule has 1 saturated heterocycles. The fraction of sp³-hybridized carbons (Fsp3) is 1.00. The van der Waals surface area contributed by atoms with Crippen molar-refractivity contribution in [2.24, 2.45) is 0 Å². The zero-order valence-electron chi connectivity index (χ0n) is 9.00. The normalized spacial score (nSPS) is 15.1. The van der Waals surface area contributed by atoms with E-state index in [0.717, 1.165) is 0 Å². The Morgan fingerprint density at radius 2 is 1.19 bits per heavy atom. The summed E-state index contributed by atoms with van der Waals surface area (Å²) in [5.74, 6) is 0. The minimum atomic E-state index is -5.43. The van der Waals surface area contributed by atoms with Gasteiger partial charge in [0.15, 0.2) is 0 Å². The van der Waals surface area contributed by atoms with Gasteiger partial charge in [0.1, 0.15) is 0 Å². The van der Waals surface area contributed by atoms with Crippen LogP contribution in [-0.2, 0) is 24.4 Å². The SMILES string of the molecule is C1CCNC1.O=S(=O)([O-])OS(=O)(=O)[O-].[Na+].[Na+]. The maximum absolute atomic E-state index is 9.29. The van der Waals surface area contributed by atoms with Gasteiger partial charge in [-0.3, -0.25) is 0 Å². The summed E-state index contributed by atoms with van der Waals surface area (Å²) < 4.78 is 58.2. The van der Waals surface area contributed by atoms with Gasteiger partial charge in [0.25, 0.3) is 0 Å². The predicted molar refractivity (Wildman–Crippen MR) is 42.6 cm³/mol. The Morgan fingerprint density at radius 3 is 1.25 bits per heavy atom. The topological polar surface area (TPSA) is 136 Å². The molecule has 1 N–H and O–H groups in total. The van der Waals surface area contributed by atoms with Crippen molar-refractivity contribution in [3.63, 3.8) is 0 Å². The van der Waals surface area contributed by atoms with Crippen molar-refractivity contribution in [3.8, 4) is 0 Å². The molecular weight excluding hydrogens is 284 g/mol. The molecule has 0 aromatic rings. The van der Waals surface area contributed by atoms with Crippen molar-refractivity contribution in [2.45, 2.75) is 12.8 Å². The molecule has 0 radical (unpaired) electrons. The summed E-state index contributed by atoms with van der Waals surface area (Å²) in [6.45, 7) is 2.50. The van der Waals surface area contributed by atoms with Crippen molar-refractivity contribution in [1.82, 2.24) is 5.32 Å². The summed E-state index contributed by atoms with van der Waals surface area (Å²) in [4.78, 5) is 0. The molecule has 0 aromatic carbocycles. The third-order valence-electron chi connectivity index (χ3n) is 1.12. The van der Waals surface area contributed by atoms with Gasteiger partial charge in [-0.1, -0.05) is 0 Å². The van der Waals surface area contributed by atoms with Gasteiger partial charge in [0.05, 0.1) is 0 Å². The molecule has 0 atom stereocenters. The number of hydrogen-bond acceptors (Lipinski definition) is 8. The van der Waals surface area contributed by atoms with Gasteiger partial charge in [-0.05, 0) is 25.9 Å². The van der Waals surface area contributed by atoms with E-state index in [0.29, 0.717) is 0 Å². The van der Waals surface area contributed by atoms with Crippen LogP contribution in [0, 0.1) is 0 Å². The number of hydrogen-bond donors (Lipinski definition) is 1. The average Bonchev–Trinajstić information content (AvgIpc) is 2.29. The third kappa shape index (κ3) is 21.1. The monoisotopic (exact) mass is 293 g/mol. The molecule has 0 unspecified atom stereocenters. The first-order valence-electron chi connectivity index (χ1n) is 3.54. The van der Waals surface area contributed by atoms with Crippen molar-refractivity contribution >= 4 is 20.8 Å². The largest absolute Gasteiger partial charge is 1.00 e. The van der Waals surface area contributed by atoms with E-state index in [1.165, 1.54) is 25.9 Å². The molecule has 1 aliphatic rings. The molecule has 1 fully saturated rings. The van der Waals surface area contributed by atoms with E-state index in [-0.39, 0.29) is 59.1 Å². The second-order valence-electron chi connectivity index (χ2n) is 2.34. The van der Waals surface area contributed by atoms with Crippen LogP contribution < -0.4 is 64.4 Å². The van der Waals surface area contributed by atoms with Crippen molar-refractivity contribution in [1.29, 1.82) is 0 Å². The second-order valence-corrected chi connectivity index (χ2v) is 4.52. The fourth-order valence-corrected chi connectivity index (χ4v) is 1.54. The number of rotatable bonds is 2. The molecular formula is C4H9NNa2O7S2. The Morgan fingerprint density at radius 1 is 0.875 bits per heavy atom. The summed E-state index contributed by atoms with van der Waals surface area (Å²) in [7, 11) is -10.9. The van der Waals surface area contributed by atoms with Gasteiger partial charge in [0, 0.05) is 0 Å². The Hall–Kier alpha value is 1.74. The molecule has 86 valence electrons. The van der Waals surface area contributed by atoms with Crippen LogP contribution >= 0.6 is 0 Å². The predicted octanol–water partition coefficient (Wildman–Crippen LogP) is -7.70. The van der Waals surface area contributed by atoms with E-state index in [1.54, 1.807) is 0 Å². The van der Waals surface area contributed by atoms with Gasteiger partial charge in [0.2, 0.25) is 20.8 Å². The minimum Gasteiger partial charge on any atom is -0.725 e. The Labute approximate surface area is 139 Å². The molecule has 0 amide bonds.